The zero-order valence-corrected chi connectivity index (χ0v) is 17.4. The molecule has 0 spiro atoms. The predicted molar refractivity (Wildman–Crippen MR) is 117 cm³/mol. The standard InChI is InChI=1S/C22H25N3O3S/c1-23-21(27)19-15-20(26)25(14-6-9-16-7-4-3-5-8-16)22(29-19)24-17-10-12-18(28-2)13-11-17/h3-5,7-8,10-13,19H,6,9,14-15H2,1-2H3,(H,23,27)/t19-/m0/s1. The minimum absolute atomic E-state index is 0.0716. The largest absolute Gasteiger partial charge is 0.497 e. The number of rotatable bonds is 7. The highest BCUT2D eigenvalue weighted by Crippen LogP contribution is 2.30. The first kappa shape index (κ1) is 20.9. The van der Waals surface area contributed by atoms with Crippen LogP contribution in [0, 0.1) is 0 Å². The molecule has 0 bridgehead atoms. The zero-order chi connectivity index (χ0) is 20.6. The summed E-state index contributed by atoms with van der Waals surface area (Å²) in [6.07, 6.45) is 1.88. The van der Waals surface area contributed by atoms with Crippen LogP contribution in [0.3, 0.4) is 0 Å². The van der Waals surface area contributed by atoms with Crippen LogP contribution in [0.2, 0.25) is 0 Å². The molecule has 0 saturated carbocycles. The number of nitrogens with one attached hydrogen (secondary N) is 1. The molecular formula is C22H25N3O3S. The molecule has 0 aromatic heterocycles. The smallest absolute Gasteiger partial charge is 0.233 e. The van der Waals surface area contributed by atoms with E-state index in [9.17, 15) is 9.59 Å². The van der Waals surface area contributed by atoms with E-state index in [0.717, 1.165) is 18.6 Å². The van der Waals surface area contributed by atoms with Crippen molar-refractivity contribution in [3.8, 4) is 5.75 Å². The van der Waals surface area contributed by atoms with Gasteiger partial charge in [-0.1, -0.05) is 42.1 Å². The molecular weight excluding hydrogens is 386 g/mol. The Hall–Kier alpha value is -2.80. The molecule has 2 aromatic rings. The molecule has 2 amide bonds. The second kappa shape index (κ2) is 10.1. The fourth-order valence-electron chi connectivity index (χ4n) is 3.08. The van der Waals surface area contributed by atoms with Crippen molar-refractivity contribution in [2.45, 2.75) is 24.5 Å². The molecule has 1 saturated heterocycles. The predicted octanol–water partition coefficient (Wildman–Crippen LogP) is 3.40. The summed E-state index contributed by atoms with van der Waals surface area (Å²) < 4.78 is 5.18. The van der Waals surface area contributed by atoms with Gasteiger partial charge in [0.05, 0.1) is 18.0 Å². The molecule has 0 unspecified atom stereocenters. The molecule has 2 aromatic carbocycles. The van der Waals surface area contributed by atoms with Crippen LogP contribution in [0.1, 0.15) is 18.4 Å². The maximum absolute atomic E-state index is 12.8. The molecule has 1 atom stereocenters. The second-order valence-electron chi connectivity index (χ2n) is 6.65. The van der Waals surface area contributed by atoms with Crippen LogP contribution in [-0.2, 0) is 16.0 Å². The number of carbonyl (C=O) groups is 2. The molecule has 152 valence electrons. The van der Waals surface area contributed by atoms with E-state index in [2.05, 4.69) is 22.4 Å². The van der Waals surface area contributed by atoms with Gasteiger partial charge in [0, 0.05) is 20.0 Å². The van der Waals surface area contributed by atoms with Gasteiger partial charge < -0.3 is 10.1 Å². The number of nitrogens with zero attached hydrogens (tertiary/aromatic N) is 2. The average Bonchev–Trinajstić information content (AvgIpc) is 2.76. The van der Waals surface area contributed by atoms with Gasteiger partial charge in [0.25, 0.3) is 0 Å². The summed E-state index contributed by atoms with van der Waals surface area (Å²) in [5, 5.41) is 2.73. The van der Waals surface area contributed by atoms with E-state index >= 15 is 0 Å². The molecule has 3 rings (SSSR count). The van der Waals surface area contributed by atoms with Crippen LogP contribution in [0.4, 0.5) is 5.69 Å². The van der Waals surface area contributed by atoms with Gasteiger partial charge in [0.2, 0.25) is 11.8 Å². The quantitative estimate of drug-likeness (QED) is 0.758. The van der Waals surface area contributed by atoms with E-state index in [1.165, 1.54) is 17.3 Å². The summed E-state index contributed by atoms with van der Waals surface area (Å²) in [5.41, 5.74) is 1.95. The Morgan fingerprint density at radius 2 is 1.93 bits per heavy atom. The SMILES string of the molecule is CNC(=O)[C@@H]1CC(=O)N(CCCc2ccccc2)C(=Nc2ccc(OC)cc2)S1. The Bertz CT molecular complexity index is 869. The summed E-state index contributed by atoms with van der Waals surface area (Å²) in [5.74, 6) is 0.511. The number of benzene rings is 2. The molecule has 1 aliphatic heterocycles. The third kappa shape index (κ3) is 5.60. The first-order chi connectivity index (χ1) is 14.1. The van der Waals surface area contributed by atoms with E-state index in [1.54, 1.807) is 19.1 Å². The highest BCUT2D eigenvalue weighted by Gasteiger charge is 2.35. The third-order valence-electron chi connectivity index (χ3n) is 4.67. The van der Waals surface area contributed by atoms with Crippen LogP contribution in [0.15, 0.2) is 59.6 Å². The number of hydrogen-bond acceptors (Lipinski definition) is 5. The van der Waals surface area contributed by atoms with Crippen LogP contribution >= 0.6 is 11.8 Å². The fourth-order valence-corrected chi connectivity index (χ4v) is 4.26. The molecule has 0 aliphatic carbocycles. The van der Waals surface area contributed by atoms with Gasteiger partial charge in [0.1, 0.15) is 5.75 Å². The molecule has 0 radical (unpaired) electrons. The van der Waals surface area contributed by atoms with Gasteiger partial charge in [-0.15, -0.1) is 0 Å². The van der Waals surface area contributed by atoms with Gasteiger partial charge >= 0.3 is 0 Å². The maximum Gasteiger partial charge on any atom is 0.233 e. The van der Waals surface area contributed by atoms with Crippen molar-refractivity contribution in [1.82, 2.24) is 10.2 Å². The number of aliphatic imine (C=N–C) groups is 1. The molecule has 1 heterocycles. The Morgan fingerprint density at radius 1 is 1.21 bits per heavy atom. The molecule has 7 heteroatoms. The molecule has 6 nitrogen and oxygen atoms in total. The van der Waals surface area contributed by atoms with Crippen LogP contribution in [0.5, 0.6) is 5.75 Å². The number of ether oxygens (including phenoxy) is 1. The maximum atomic E-state index is 12.8. The summed E-state index contributed by atoms with van der Waals surface area (Å²) in [6.45, 7) is 0.566. The van der Waals surface area contributed by atoms with E-state index in [1.807, 2.05) is 42.5 Å². The summed E-state index contributed by atoms with van der Waals surface area (Å²) in [7, 11) is 3.19. The van der Waals surface area contributed by atoms with E-state index in [4.69, 9.17) is 4.74 Å². The first-order valence-electron chi connectivity index (χ1n) is 9.56. The summed E-state index contributed by atoms with van der Waals surface area (Å²) in [6, 6.07) is 17.5. The number of aryl methyl sites for hydroxylation is 1. The van der Waals surface area contributed by atoms with Gasteiger partial charge in [-0.25, -0.2) is 4.99 Å². The lowest BCUT2D eigenvalue weighted by Gasteiger charge is -2.31. The minimum Gasteiger partial charge on any atom is -0.497 e. The summed E-state index contributed by atoms with van der Waals surface area (Å²) >= 11 is 1.34. The number of hydrogen-bond donors (Lipinski definition) is 1. The highest BCUT2D eigenvalue weighted by molar-refractivity contribution is 8.15. The third-order valence-corrected chi connectivity index (χ3v) is 5.85. The Balaban J connectivity index is 1.77. The monoisotopic (exact) mass is 411 g/mol. The van der Waals surface area contributed by atoms with Gasteiger partial charge in [0.15, 0.2) is 5.17 Å². The van der Waals surface area contributed by atoms with E-state index in [-0.39, 0.29) is 18.2 Å². The van der Waals surface area contributed by atoms with Crippen molar-refractivity contribution >= 4 is 34.4 Å². The van der Waals surface area contributed by atoms with E-state index in [0.29, 0.717) is 17.4 Å². The lowest BCUT2D eigenvalue weighted by atomic mass is 10.1. The van der Waals surface area contributed by atoms with Gasteiger partial charge in [-0.2, -0.15) is 0 Å². The first-order valence-corrected chi connectivity index (χ1v) is 10.4. The average molecular weight is 412 g/mol. The molecule has 1 N–H and O–H groups in total. The van der Waals surface area contributed by atoms with Crippen molar-refractivity contribution in [3.05, 3.63) is 60.2 Å². The van der Waals surface area contributed by atoms with Crippen LogP contribution < -0.4 is 10.1 Å². The number of carbonyl (C=O) groups excluding carboxylic acids is 2. The van der Waals surface area contributed by atoms with Crippen molar-refractivity contribution in [3.63, 3.8) is 0 Å². The lowest BCUT2D eigenvalue weighted by Crippen LogP contribution is -2.46. The Kier molecular flexibility index (Phi) is 7.30. The van der Waals surface area contributed by atoms with Crippen molar-refractivity contribution < 1.29 is 14.3 Å². The number of amides is 2. The van der Waals surface area contributed by atoms with E-state index < -0.39 is 5.25 Å². The minimum atomic E-state index is -0.463. The van der Waals surface area contributed by atoms with Crippen LogP contribution in [-0.4, -0.2) is 47.8 Å². The van der Waals surface area contributed by atoms with Crippen molar-refractivity contribution in [2.24, 2.45) is 4.99 Å². The fraction of sp³-hybridized carbons (Fsp3) is 0.318. The molecule has 1 fully saturated rings. The topological polar surface area (TPSA) is 71.0 Å². The number of thioether (sulfide) groups is 1. The van der Waals surface area contributed by atoms with Gasteiger partial charge in [-0.3, -0.25) is 14.5 Å². The second-order valence-corrected chi connectivity index (χ2v) is 7.82. The summed E-state index contributed by atoms with van der Waals surface area (Å²) in [4.78, 5) is 31.3. The van der Waals surface area contributed by atoms with Gasteiger partial charge in [-0.05, 0) is 42.7 Å². The van der Waals surface area contributed by atoms with Crippen molar-refractivity contribution in [2.75, 3.05) is 20.7 Å². The highest BCUT2D eigenvalue weighted by atomic mass is 32.2. The zero-order valence-electron chi connectivity index (χ0n) is 16.6. The lowest BCUT2D eigenvalue weighted by molar-refractivity contribution is -0.130. The Labute approximate surface area is 175 Å². The number of amidine groups is 1. The molecule has 1 aliphatic rings. The van der Waals surface area contributed by atoms with Crippen molar-refractivity contribution in [1.29, 1.82) is 0 Å². The molecule has 29 heavy (non-hydrogen) atoms. The van der Waals surface area contributed by atoms with Crippen LogP contribution in [0.25, 0.3) is 0 Å². The Morgan fingerprint density at radius 3 is 2.59 bits per heavy atom. The number of methoxy groups -OCH3 is 1. The normalized spacial score (nSPS) is 18.0.